The minimum atomic E-state index is -9.08. The summed E-state index contributed by atoms with van der Waals surface area (Å²) in [4.78, 5) is 0. The number of phosphoric acid groups is 1. The first-order chi connectivity index (χ1) is 25.9. The van der Waals surface area contributed by atoms with E-state index in [-0.39, 0.29) is 5.06 Å². The Balaban J connectivity index is 6.77. The largest absolute Gasteiger partial charge is 0.491 e. The molecule has 0 saturated carbocycles. The Morgan fingerprint density at radius 2 is 0.583 bits per heavy atom. The number of aliphatic hydroxyl groups is 2. The van der Waals surface area contributed by atoms with Crippen LogP contribution in [0.1, 0.15) is 12.8 Å². The molecule has 0 aliphatic rings. The molecule has 0 rings (SSSR count). The van der Waals surface area contributed by atoms with Gasteiger partial charge in [0, 0.05) is 25.9 Å². The van der Waals surface area contributed by atoms with E-state index in [4.69, 9.17) is 10.2 Å². The molecule has 0 aromatic carbocycles. The molecule has 60 heavy (non-hydrogen) atoms. The van der Waals surface area contributed by atoms with Gasteiger partial charge < -0.3 is 10.2 Å². The van der Waals surface area contributed by atoms with Crippen LogP contribution >= 0.6 is 7.82 Å². The highest BCUT2D eigenvalue weighted by atomic mass is 31.2. The SMILES string of the molecule is O=P(OCCC(F)(F)C(F)(F)C(F)(F)C(F)(F)C(F)(F)C(F)(F)F)(OCCC(F)(F)C(F)(F)C(F)(F)C(F)(F)C(F)(F)C(F)(F)C(F)(F)C(F)(F)F)ON(CCO)CCO. The van der Waals surface area contributed by atoms with Crippen LogP contribution in [0.15, 0.2) is 0 Å². The fourth-order valence-electron chi connectivity index (χ4n) is 3.53. The molecule has 0 fully saturated rings. The van der Waals surface area contributed by atoms with Gasteiger partial charge in [0.1, 0.15) is 0 Å². The van der Waals surface area contributed by atoms with Crippen LogP contribution in [-0.4, -0.2) is 138 Å². The minimum absolute atomic E-state index is 0.290. The van der Waals surface area contributed by atoms with Gasteiger partial charge in [-0.25, -0.2) is 4.57 Å². The molecule has 1 atom stereocenters. The monoisotopic (exact) mass is 993 g/mol. The molecule has 0 aliphatic carbocycles. The lowest BCUT2D eigenvalue weighted by Crippen LogP contribution is -2.74. The highest BCUT2D eigenvalue weighted by Gasteiger charge is 2.95. The first kappa shape index (κ1) is 57.9. The number of hydroxylamine groups is 2. The third-order valence-electron chi connectivity index (χ3n) is 7.03. The van der Waals surface area contributed by atoms with Crippen molar-refractivity contribution in [2.45, 2.75) is 96.3 Å². The van der Waals surface area contributed by atoms with Gasteiger partial charge in [0.15, 0.2) is 0 Å². The Labute approximate surface area is 310 Å². The van der Waals surface area contributed by atoms with Crippen molar-refractivity contribution < 1.29 is 160 Å². The summed E-state index contributed by atoms with van der Waals surface area (Å²) in [6, 6.07) is 0. The summed E-state index contributed by atoms with van der Waals surface area (Å²) in [5.74, 6) is -101. The third-order valence-corrected chi connectivity index (χ3v) is 8.46. The lowest BCUT2D eigenvalue weighted by atomic mass is 9.88. The molecular formula is C22H18F30NO6P. The summed E-state index contributed by atoms with van der Waals surface area (Å²) >= 11 is 0. The van der Waals surface area contributed by atoms with Crippen LogP contribution in [0.4, 0.5) is 132 Å². The summed E-state index contributed by atoms with van der Waals surface area (Å²) in [5.41, 5.74) is 0. The molecule has 0 aromatic heterocycles. The van der Waals surface area contributed by atoms with Gasteiger partial charge in [-0.05, 0) is 0 Å². The molecule has 1 unspecified atom stereocenters. The van der Waals surface area contributed by atoms with Crippen molar-refractivity contribution in [3.8, 4) is 0 Å². The maximum Gasteiger partial charge on any atom is 0.491 e. The van der Waals surface area contributed by atoms with Crippen LogP contribution in [0, 0.1) is 0 Å². The number of rotatable bonds is 24. The second-order valence-electron chi connectivity index (χ2n) is 11.2. The Kier molecular flexibility index (Phi) is 16.5. The average molecular weight is 993 g/mol. The van der Waals surface area contributed by atoms with Crippen LogP contribution < -0.4 is 0 Å². The second-order valence-corrected chi connectivity index (χ2v) is 12.8. The number of hydrogen-bond acceptors (Lipinski definition) is 7. The fraction of sp³-hybridized carbons (Fsp3) is 1.00. The van der Waals surface area contributed by atoms with Crippen LogP contribution in [0.25, 0.3) is 0 Å². The van der Waals surface area contributed by atoms with Gasteiger partial charge in [-0.1, -0.05) is 0 Å². The molecule has 0 aliphatic heterocycles. The first-order valence-electron chi connectivity index (χ1n) is 14.1. The van der Waals surface area contributed by atoms with Crippen molar-refractivity contribution in [1.29, 1.82) is 0 Å². The van der Waals surface area contributed by atoms with Crippen molar-refractivity contribution in [1.82, 2.24) is 5.06 Å². The molecule has 0 saturated heterocycles. The smallest absolute Gasteiger partial charge is 0.395 e. The van der Waals surface area contributed by atoms with Crippen molar-refractivity contribution in [2.75, 3.05) is 39.5 Å². The maximum absolute atomic E-state index is 14.2. The van der Waals surface area contributed by atoms with Gasteiger partial charge in [0.25, 0.3) is 0 Å². The summed E-state index contributed by atoms with van der Waals surface area (Å²) in [6.07, 6.45) is -23.1. The van der Waals surface area contributed by atoms with Crippen LogP contribution in [0.5, 0.6) is 0 Å². The zero-order valence-corrected chi connectivity index (χ0v) is 28.3. The average Bonchev–Trinajstić information content (AvgIpc) is 3.02. The van der Waals surface area contributed by atoms with E-state index in [9.17, 15) is 136 Å². The molecular weight excluding hydrogens is 975 g/mol. The van der Waals surface area contributed by atoms with Gasteiger partial charge in [-0.3, -0.25) is 9.05 Å². The summed E-state index contributed by atoms with van der Waals surface area (Å²) < 4.78 is 426. The fourth-order valence-corrected chi connectivity index (χ4v) is 4.77. The number of nitrogens with zero attached hydrogens (tertiary/aromatic N) is 1. The lowest BCUT2D eigenvalue weighted by Gasteiger charge is -2.42. The Bertz CT molecular complexity index is 1470. The van der Waals surface area contributed by atoms with E-state index in [2.05, 4.69) is 13.7 Å². The molecule has 0 heterocycles. The first-order valence-corrected chi connectivity index (χ1v) is 15.6. The third kappa shape index (κ3) is 9.54. The zero-order chi connectivity index (χ0) is 48.9. The van der Waals surface area contributed by atoms with Gasteiger partial charge >= 0.3 is 91.2 Å². The molecule has 0 amide bonds. The number of hydrogen-bond donors (Lipinski definition) is 2. The molecule has 2 N–H and O–H groups in total. The van der Waals surface area contributed by atoms with Crippen LogP contribution in [0.3, 0.4) is 0 Å². The van der Waals surface area contributed by atoms with Gasteiger partial charge in [-0.15, -0.1) is 0 Å². The van der Waals surface area contributed by atoms with Crippen molar-refractivity contribution >= 4 is 7.82 Å². The summed E-state index contributed by atoms with van der Waals surface area (Å²) in [6.45, 7) is -11.1. The summed E-state index contributed by atoms with van der Waals surface area (Å²) in [5, 5.41) is 17.4. The maximum atomic E-state index is 14.2. The summed E-state index contributed by atoms with van der Waals surface area (Å²) in [7, 11) is -6.69. The molecule has 38 heteroatoms. The van der Waals surface area contributed by atoms with E-state index in [0.717, 1.165) is 0 Å². The predicted octanol–water partition coefficient (Wildman–Crippen LogP) is 9.87. The standard InChI is InChI=1S/C22H18F30NO6P/c23-9(24,11(27,28)13(31,32)15(35,36)16(37,38)18(41,42)20(45,46)22(50,51)52)1-7-57-60(56,59-53(3-5-54)4-6-55)58-8-2-10(25,26)12(29,30)14(33,34)17(39,40)19(43,44)21(47,48)49/h54-55H,1-8H2. The van der Waals surface area contributed by atoms with E-state index in [1.54, 1.807) is 0 Å². The predicted molar refractivity (Wildman–Crippen MR) is 127 cm³/mol. The number of phosphoric ester groups is 1. The minimum Gasteiger partial charge on any atom is -0.395 e. The van der Waals surface area contributed by atoms with Gasteiger partial charge in [0.05, 0.1) is 26.4 Å². The zero-order valence-electron chi connectivity index (χ0n) is 27.4. The molecule has 0 spiro atoms. The topological polar surface area (TPSA) is 88.5 Å². The number of halogens is 30. The van der Waals surface area contributed by atoms with Gasteiger partial charge in [0.2, 0.25) is 0 Å². The van der Waals surface area contributed by atoms with Crippen molar-refractivity contribution in [3.63, 3.8) is 0 Å². The Hall–Kier alpha value is -2.11. The highest BCUT2D eigenvalue weighted by Crippen LogP contribution is 2.65. The van der Waals surface area contributed by atoms with E-state index in [1.165, 1.54) is 0 Å². The number of aliphatic hydroxyl groups excluding tert-OH is 2. The molecule has 362 valence electrons. The second kappa shape index (κ2) is 17.1. The number of alkyl halides is 30. The molecule has 0 bridgehead atoms. The van der Waals surface area contributed by atoms with Crippen LogP contribution in [-0.2, 0) is 18.2 Å². The quantitative estimate of drug-likeness (QED) is 0.0566. The van der Waals surface area contributed by atoms with E-state index < -0.39 is 144 Å². The Morgan fingerprint density at radius 3 is 0.800 bits per heavy atom. The molecule has 0 aromatic rings. The molecule has 0 radical (unpaired) electrons. The highest BCUT2D eigenvalue weighted by molar-refractivity contribution is 7.48. The lowest BCUT2D eigenvalue weighted by molar-refractivity contribution is -0.461. The van der Waals surface area contributed by atoms with Crippen molar-refractivity contribution in [2.24, 2.45) is 0 Å². The van der Waals surface area contributed by atoms with E-state index in [1.807, 2.05) is 0 Å². The van der Waals surface area contributed by atoms with E-state index in [0.29, 0.717) is 0 Å². The van der Waals surface area contributed by atoms with Crippen molar-refractivity contribution in [3.05, 3.63) is 0 Å². The van der Waals surface area contributed by atoms with Gasteiger partial charge in [-0.2, -0.15) is 141 Å². The normalized spacial score (nSPS) is 17.1. The Morgan fingerprint density at radius 1 is 0.367 bits per heavy atom. The van der Waals surface area contributed by atoms with E-state index >= 15 is 0 Å². The molecule has 7 nitrogen and oxygen atoms in total. The van der Waals surface area contributed by atoms with Crippen LogP contribution in [0.2, 0.25) is 0 Å².